The van der Waals surface area contributed by atoms with Crippen LogP contribution in [-0.2, 0) is 24.3 Å². The van der Waals surface area contributed by atoms with E-state index in [1.54, 1.807) is 0 Å². The molecule has 0 unspecified atom stereocenters. The molecule has 5 heteroatoms. The Morgan fingerprint density at radius 2 is 1.63 bits per heavy atom. The Morgan fingerprint density at radius 3 is 2.31 bits per heavy atom. The molecule has 1 aliphatic heterocycles. The molecule has 0 atom stereocenters. The summed E-state index contributed by atoms with van der Waals surface area (Å²) < 4.78 is 12.2. The van der Waals surface area contributed by atoms with Gasteiger partial charge in [-0.15, -0.1) is 0 Å². The average molecular weight is 475 g/mol. The van der Waals surface area contributed by atoms with Gasteiger partial charge in [-0.05, 0) is 62.2 Å². The van der Waals surface area contributed by atoms with Crippen LogP contribution in [-0.4, -0.2) is 42.5 Å². The minimum atomic E-state index is -0.176. The number of hydrogen-bond acceptors (Lipinski definition) is 4. The first-order chi connectivity index (χ1) is 17.0. The smallest absolute Gasteiger partial charge is 0.223 e. The monoisotopic (exact) mass is 474 g/mol. The summed E-state index contributed by atoms with van der Waals surface area (Å²) in [6, 6.07) is 24.3. The van der Waals surface area contributed by atoms with E-state index in [1.165, 1.54) is 0 Å². The fourth-order valence-electron chi connectivity index (χ4n) is 4.82. The molecule has 35 heavy (non-hydrogen) atoms. The maximum atomic E-state index is 13.3. The van der Waals surface area contributed by atoms with Crippen LogP contribution in [0, 0.1) is 5.41 Å². The standard InChI is InChI=1S/C30H38N2O3/c1-3-10-27-15-16-28(35-27)23-32-19-17-30(18-20-32,24-34-26-13-8-5-9-14-26)21-29(33)31(2)22-25-11-6-4-7-12-25/h4-9,11-16H,3,10,17-24H2,1-2H3. The summed E-state index contributed by atoms with van der Waals surface area (Å²) in [7, 11) is 1.90. The number of ether oxygens (including phenoxy) is 1. The number of nitrogens with zero attached hydrogens (tertiary/aromatic N) is 2. The largest absolute Gasteiger partial charge is 0.493 e. The molecule has 0 spiro atoms. The zero-order chi connectivity index (χ0) is 24.5. The third-order valence-corrected chi connectivity index (χ3v) is 7.01. The van der Waals surface area contributed by atoms with E-state index in [1.807, 2.05) is 60.5 Å². The molecule has 1 saturated heterocycles. The maximum Gasteiger partial charge on any atom is 0.223 e. The third-order valence-electron chi connectivity index (χ3n) is 7.01. The van der Waals surface area contributed by atoms with Gasteiger partial charge in [0.15, 0.2) is 0 Å². The second-order valence-corrected chi connectivity index (χ2v) is 9.91. The van der Waals surface area contributed by atoms with Crippen LogP contribution in [0.15, 0.2) is 77.2 Å². The molecule has 0 aliphatic carbocycles. The number of piperidine rings is 1. The van der Waals surface area contributed by atoms with Crippen LogP contribution in [0.25, 0.3) is 0 Å². The van der Waals surface area contributed by atoms with Crippen molar-refractivity contribution in [2.45, 2.75) is 52.1 Å². The molecule has 186 valence electrons. The van der Waals surface area contributed by atoms with Crippen molar-refractivity contribution < 1.29 is 13.9 Å². The van der Waals surface area contributed by atoms with Crippen molar-refractivity contribution >= 4 is 5.91 Å². The van der Waals surface area contributed by atoms with Crippen LogP contribution in [0.3, 0.4) is 0 Å². The highest BCUT2D eigenvalue weighted by Gasteiger charge is 2.38. The highest BCUT2D eigenvalue weighted by molar-refractivity contribution is 5.76. The highest BCUT2D eigenvalue weighted by Crippen LogP contribution is 2.37. The summed E-state index contributed by atoms with van der Waals surface area (Å²) in [6.45, 7) is 6.02. The molecule has 0 radical (unpaired) electrons. The zero-order valence-electron chi connectivity index (χ0n) is 21.1. The minimum absolute atomic E-state index is 0.175. The summed E-state index contributed by atoms with van der Waals surface area (Å²) in [4.78, 5) is 17.6. The summed E-state index contributed by atoms with van der Waals surface area (Å²) >= 11 is 0. The molecule has 5 nitrogen and oxygen atoms in total. The van der Waals surface area contributed by atoms with Gasteiger partial charge in [0.25, 0.3) is 0 Å². The van der Waals surface area contributed by atoms with E-state index in [0.717, 1.165) is 68.2 Å². The Balaban J connectivity index is 1.39. The molecule has 1 fully saturated rings. The van der Waals surface area contributed by atoms with Crippen LogP contribution in [0.2, 0.25) is 0 Å². The van der Waals surface area contributed by atoms with Gasteiger partial charge < -0.3 is 14.1 Å². The molecular formula is C30H38N2O3. The van der Waals surface area contributed by atoms with Gasteiger partial charge >= 0.3 is 0 Å². The van der Waals surface area contributed by atoms with Crippen molar-refractivity contribution in [1.29, 1.82) is 0 Å². The number of aryl methyl sites for hydroxylation is 1. The summed E-state index contributed by atoms with van der Waals surface area (Å²) in [5, 5.41) is 0. The lowest BCUT2D eigenvalue weighted by Crippen LogP contribution is -2.45. The number of amides is 1. The van der Waals surface area contributed by atoms with Gasteiger partial charge in [-0.2, -0.15) is 0 Å². The van der Waals surface area contributed by atoms with Crippen LogP contribution >= 0.6 is 0 Å². The van der Waals surface area contributed by atoms with Crippen molar-refractivity contribution in [3.05, 3.63) is 89.9 Å². The van der Waals surface area contributed by atoms with Gasteiger partial charge in [-0.3, -0.25) is 9.69 Å². The first kappa shape index (κ1) is 25.1. The molecule has 1 aliphatic rings. The Hall–Kier alpha value is -3.05. The Morgan fingerprint density at radius 1 is 0.971 bits per heavy atom. The normalized spacial score (nSPS) is 15.6. The Kier molecular flexibility index (Phi) is 8.64. The molecule has 2 heterocycles. The number of furan rings is 1. The van der Waals surface area contributed by atoms with Gasteiger partial charge in [0.1, 0.15) is 17.3 Å². The van der Waals surface area contributed by atoms with E-state index in [9.17, 15) is 4.79 Å². The van der Waals surface area contributed by atoms with Crippen molar-refractivity contribution in [2.75, 3.05) is 26.7 Å². The van der Waals surface area contributed by atoms with E-state index in [0.29, 0.717) is 19.6 Å². The van der Waals surface area contributed by atoms with Crippen molar-refractivity contribution in [3.63, 3.8) is 0 Å². The van der Waals surface area contributed by atoms with E-state index in [2.05, 4.69) is 36.1 Å². The SMILES string of the molecule is CCCc1ccc(CN2CCC(COc3ccccc3)(CC(=O)N(C)Cc3ccccc3)CC2)o1. The lowest BCUT2D eigenvalue weighted by molar-refractivity contribution is -0.134. The van der Waals surface area contributed by atoms with Crippen LogP contribution in [0.1, 0.15) is 49.7 Å². The van der Waals surface area contributed by atoms with Gasteiger partial charge in [-0.25, -0.2) is 0 Å². The summed E-state index contributed by atoms with van der Waals surface area (Å²) in [5.74, 6) is 3.13. The number of carbonyl (C=O) groups excluding carboxylic acids is 1. The Bertz CT molecular complexity index is 1040. The minimum Gasteiger partial charge on any atom is -0.493 e. The number of para-hydroxylation sites is 1. The second kappa shape index (κ2) is 12.1. The predicted octanol–water partition coefficient (Wildman–Crippen LogP) is 5.94. The van der Waals surface area contributed by atoms with Crippen molar-refractivity contribution in [1.82, 2.24) is 9.80 Å². The number of rotatable bonds is 11. The molecule has 0 saturated carbocycles. The topological polar surface area (TPSA) is 45.9 Å². The van der Waals surface area contributed by atoms with Crippen LogP contribution < -0.4 is 4.74 Å². The zero-order valence-corrected chi connectivity index (χ0v) is 21.1. The molecular weight excluding hydrogens is 436 g/mol. The predicted molar refractivity (Wildman–Crippen MR) is 139 cm³/mol. The molecule has 0 N–H and O–H groups in total. The molecule has 4 rings (SSSR count). The summed E-state index contributed by atoms with van der Waals surface area (Å²) in [6.07, 6.45) is 4.42. The van der Waals surface area contributed by atoms with Gasteiger partial charge in [0.2, 0.25) is 5.91 Å². The average Bonchev–Trinajstić information content (AvgIpc) is 3.32. The Labute approximate surface area is 209 Å². The first-order valence-electron chi connectivity index (χ1n) is 12.8. The molecule has 1 aromatic heterocycles. The third kappa shape index (κ3) is 7.22. The highest BCUT2D eigenvalue weighted by atomic mass is 16.5. The number of benzene rings is 2. The quantitative estimate of drug-likeness (QED) is 0.345. The van der Waals surface area contributed by atoms with Gasteiger partial charge in [-0.1, -0.05) is 55.5 Å². The lowest BCUT2D eigenvalue weighted by atomic mass is 9.75. The van der Waals surface area contributed by atoms with E-state index < -0.39 is 0 Å². The second-order valence-electron chi connectivity index (χ2n) is 9.91. The molecule has 2 aromatic carbocycles. The van der Waals surface area contributed by atoms with E-state index >= 15 is 0 Å². The van der Waals surface area contributed by atoms with Crippen molar-refractivity contribution in [2.24, 2.45) is 5.41 Å². The van der Waals surface area contributed by atoms with E-state index in [-0.39, 0.29) is 11.3 Å². The lowest BCUT2D eigenvalue weighted by Gasteiger charge is -2.41. The molecule has 1 amide bonds. The molecule has 3 aromatic rings. The van der Waals surface area contributed by atoms with Crippen LogP contribution in [0.5, 0.6) is 5.75 Å². The van der Waals surface area contributed by atoms with Crippen molar-refractivity contribution in [3.8, 4) is 5.75 Å². The molecule has 0 bridgehead atoms. The summed E-state index contributed by atoms with van der Waals surface area (Å²) in [5.41, 5.74) is 0.971. The van der Waals surface area contributed by atoms with E-state index in [4.69, 9.17) is 9.15 Å². The number of hydrogen-bond donors (Lipinski definition) is 0. The fourth-order valence-corrected chi connectivity index (χ4v) is 4.82. The van der Waals surface area contributed by atoms with Gasteiger partial charge in [0.05, 0.1) is 13.2 Å². The maximum absolute atomic E-state index is 13.3. The van der Waals surface area contributed by atoms with Gasteiger partial charge in [0, 0.05) is 31.8 Å². The van der Waals surface area contributed by atoms with Crippen LogP contribution in [0.4, 0.5) is 0 Å². The fraction of sp³-hybridized carbons (Fsp3) is 0.433. The number of likely N-dealkylation sites (tertiary alicyclic amines) is 1. The number of carbonyl (C=O) groups is 1. The first-order valence-corrected chi connectivity index (χ1v) is 12.8.